The van der Waals surface area contributed by atoms with E-state index < -0.39 is 0 Å². The molecule has 0 unspecified atom stereocenters. The number of nitrogens with zero attached hydrogens (tertiary/aromatic N) is 4. The van der Waals surface area contributed by atoms with Gasteiger partial charge in [0.1, 0.15) is 0 Å². The maximum atomic E-state index is 5.38. The fourth-order valence-corrected chi connectivity index (χ4v) is 2.93. The zero-order valence-corrected chi connectivity index (χ0v) is 17.8. The van der Waals surface area contributed by atoms with Crippen molar-refractivity contribution in [2.75, 3.05) is 65.0 Å². The van der Waals surface area contributed by atoms with E-state index in [-0.39, 0.29) is 0 Å². The maximum Gasteiger partial charge on any atom is 0.229 e. The van der Waals surface area contributed by atoms with Gasteiger partial charge in [-0.1, -0.05) is 0 Å². The van der Waals surface area contributed by atoms with Crippen molar-refractivity contribution in [1.82, 2.24) is 25.5 Å². The summed E-state index contributed by atoms with van der Waals surface area (Å²) in [5, 5.41) is 9.79. The van der Waals surface area contributed by atoms with E-state index in [1.54, 1.807) is 7.11 Å². The van der Waals surface area contributed by atoms with E-state index in [1.165, 1.54) is 0 Å². The maximum absolute atomic E-state index is 5.38. The highest BCUT2D eigenvalue weighted by molar-refractivity contribution is 7.80. The number of guanidine groups is 1. The van der Waals surface area contributed by atoms with Crippen molar-refractivity contribution in [1.29, 1.82) is 0 Å². The van der Waals surface area contributed by atoms with Crippen LogP contribution in [0.3, 0.4) is 0 Å². The normalized spacial score (nSPS) is 15.3. The first-order valence-electron chi connectivity index (χ1n) is 9.54. The zero-order valence-electron chi connectivity index (χ0n) is 17.0. The smallest absolute Gasteiger partial charge is 0.229 e. The molecular weight excluding hydrogens is 378 g/mol. The van der Waals surface area contributed by atoms with Gasteiger partial charge < -0.3 is 20.1 Å². The van der Waals surface area contributed by atoms with E-state index >= 15 is 0 Å². The molecule has 28 heavy (non-hydrogen) atoms. The van der Waals surface area contributed by atoms with Crippen molar-refractivity contribution >= 4 is 29.2 Å². The minimum atomic E-state index is 0.473. The number of hydrogen-bond donors (Lipinski definition) is 3. The first kappa shape index (κ1) is 22.4. The van der Waals surface area contributed by atoms with Crippen LogP contribution in [0.25, 0.3) is 0 Å². The molecule has 0 atom stereocenters. The quantitative estimate of drug-likeness (QED) is 0.248. The summed E-state index contributed by atoms with van der Waals surface area (Å²) < 4.78 is 10.4. The Balaban J connectivity index is 1.92. The van der Waals surface area contributed by atoms with Crippen molar-refractivity contribution in [3.8, 4) is 0 Å². The molecule has 9 nitrogen and oxygen atoms in total. The molecule has 0 amide bonds. The van der Waals surface area contributed by atoms with Gasteiger partial charge in [-0.05, 0) is 38.6 Å². The molecule has 156 valence electrons. The van der Waals surface area contributed by atoms with Crippen molar-refractivity contribution in [3.63, 3.8) is 0 Å². The molecule has 1 saturated heterocycles. The van der Waals surface area contributed by atoms with Gasteiger partial charge in [-0.25, -0.2) is 9.97 Å². The number of morpholine rings is 1. The Labute approximate surface area is 172 Å². The Kier molecular flexibility index (Phi) is 10.0. The standard InChI is InChI=1S/C18H31N7O2S/c1-14-13-15(2)22-17(21-14)23-16(24-18(28)20-6-10-26-3)19-5-4-7-25-8-11-27-12-9-25/h13H,4-12H2,1-3H3,(H3,19,20,21,22,23,24,28). The molecule has 0 aromatic carbocycles. The van der Waals surface area contributed by atoms with Crippen LogP contribution in [-0.2, 0) is 9.47 Å². The number of nitrogens with one attached hydrogen (secondary N) is 3. The van der Waals surface area contributed by atoms with Crippen molar-refractivity contribution in [2.45, 2.75) is 20.3 Å². The van der Waals surface area contributed by atoms with Gasteiger partial charge in [-0.2, -0.15) is 0 Å². The first-order valence-corrected chi connectivity index (χ1v) is 9.95. The third kappa shape index (κ3) is 8.87. The third-order valence-corrected chi connectivity index (χ3v) is 4.29. The number of thiocarbonyl (C=S) groups is 1. The fourth-order valence-electron chi connectivity index (χ4n) is 2.73. The Morgan fingerprint density at radius 3 is 2.68 bits per heavy atom. The van der Waals surface area contributed by atoms with Gasteiger partial charge in [0.25, 0.3) is 0 Å². The van der Waals surface area contributed by atoms with Gasteiger partial charge in [0, 0.05) is 51.2 Å². The molecule has 2 heterocycles. The lowest BCUT2D eigenvalue weighted by atomic mass is 10.3. The van der Waals surface area contributed by atoms with E-state index in [4.69, 9.17) is 21.7 Å². The molecule has 1 fully saturated rings. The van der Waals surface area contributed by atoms with Crippen LogP contribution >= 0.6 is 12.2 Å². The monoisotopic (exact) mass is 409 g/mol. The lowest BCUT2D eigenvalue weighted by Crippen LogP contribution is -2.44. The van der Waals surface area contributed by atoms with E-state index in [1.807, 2.05) is 19.9 Å². The number of ether oxygens (including phenoxy) is 2. The molecule has 0 spiro atoms. The summed E-state index contributed by atoms with van der Waals surface area (Å²) in [4.78, 5) is 15.8. The number of rotatable bonds is 8. The van der Waals surface area contributed by atoms with Gasteiger partial charge in [-0.3, -0.25) is 15.2 Å². The van der Waals surface area contributed by atoms with Crippen LogP contribution < -0.4 is 16.0 Å². The van der Waals surface area contributed by atoms with Crippen LogP contribution in [0, 0.1) is 13.8 Å². The lowest BCUT2D eigenvalue weighted by Gasteiger charge is -2.26. The predicted octanol–water partition coefficient (Wildman–Crippen LogP) is 0.694. The SMILES string of the molecule is COCCNC(=S)NC(=NCCCN1CCOCC1)Nc1nc(C)cc(C)n1. The van der Waals surface area contributed by atoms with Crippen LogP contribution in [0.1, 0.15) is 17.8 Å². The molecule has 1 aromatic rings. The van der Waals surface area contributed by atoms with Gasteiger partial charge >= 0.3 is 0 Å². The van der Waals surface area contributed by atoms with Crippen LogP contribution in [-0.4, -0.2) is 85.6 Å². The molecule has 0 aliphatic carbocycles. The van der Waals surface area contributed by atoms with E-state index in [9.17, 15) is 0 Å². The van der Waals surface area contributed by atoms with Crippen molar-refractivity contribution in [3.05, 3.63) is 17.5 Å². The highest BCUT2D eigenvalue weighted by Gasteiger charge is 2.10. The van der Waals surface area contributed by atoms with Crippen molar-refractivity contribution in [2.24, 2.45) is 4.99 Å². The Morgan fingerprint density at radius 2 is 2.00 bits per heavy atom. The molecule has 1 aliphatic heterocycles. The van der Waals surface area contributed by atoms with Crippen LogP contribution in [0.15, 0.2) is 11.1 Å². The average Bonchev–Trinajstić information content (AvgIpc) is 2.65. The second-order valence-electron chi connectivity index (χ2n) is 6.51. The first-order chi connectivity index (χ1) is 13.6. The fraction of sp³-hybridized carbons (Fsp3) is 0.667. The lowest BCUT2D eigenvalue weighted by molar-refractivity contribution is 0.0377. The molecule has 1 aliphatic rings. The highest BCUT2D eigenvalue weighted by Crippen LogP contribution is 2.04. The second-order valence-corrected chi connectivity index (χ2v) is 6.92. The molecule has 10 heteroatoms. The number of anilines is 1. The summed E-state index contributed by atoms with van der Waals surface area (Å²) in [6.07, 6.45) is 0.949. The Bertz CT molecular complexity index is 631. The minimum absolute atomic E-state index is 0.473. The third-order valence-electron chi connectivity index (χ3n) is 4.04. The topological polar surface area (TPSA) is 95.9 Å². The highest BCUT2D eigenvalue weighted by atomic mass is 32.1. The molecule has 0 radical (unpaired) electrons. The second kappa shape index (κ2) is 12.6. The van der Waals surface area contributed by atoms with Crippen LogP contribution in [0.5, 0.6) is 0 Å². The number of methoxy groups -OCH3 is 1. The molecule has 1 aromatic heterocycles. The van der Waals surface area contributed by atoms with Gasteiger partial charge in [0.05, 0.1) is 19.8 Å². The predicted molar refractivity (Wildman–Crippen MR) is 115 cm³/mol. The minimum Gasteiger partial charge on any atom is -0.383 e. The number of aryl methyl sites for hydroxylation is 2. The Hall–Kier alpha value is -1.88. The average molecular weight is 410 g/mol. The summed E-state index contributed by atoms with van der Waals surface area (Å²) in [6, 6.07) is 1.93. The summed E-state index contributed by atoms with van der Waals surface area (Å²) in [5.74, 6) is 1.03. The summed E-state index contributed by atoms with van der Waals surface area (Å²) in [6.45, 7) is 10.3. The number of aromatic nitrogens is 2. The largest absolute Gasteiger partial charge is 0.383 e. The molecule has 3 N–H and O–H groups in total. The van der Waals surface area contributed by atoms with Crippen LogP contribution in [0.2, 0.25) is 0 Å². The van der Waals surface area contributed by atoms with E-state index in [0.29, 0.717) is 36.7 Å². The molecule has 0 bridgehead atoms. The van der Waals surface area contributed by atoms with Gasteiger partial charge in [0.15, 0.2) is 5.11 Å². The van der Waals surface area contributed by atoms with E-state index in [2.05, 4.69) is 35.8 Å². The summed E-state index contributed by atoms with van der Waals surface area (Å²) in [5.41, 5.74) is 1.78. The zero-order chi connectivity index (χ0) is 20.2. The van der Waals surface area contributed by atoms with Crippen molar-refractivity contribution < 1.29 is 9.47 Å². The van der Waals surface area contributed by atoms with E-state index in [0.717, 1.165) is 50.7 Å². The Morgan fingerprint density at radius 1 is 1.29 bits per heavy atom. The number of aliphatic imine (C=N–C) groups is 1. The summed E-state index contributed by atoms with van der Waals surface area (Å²) in [7, 11) is 1.65. The molecular formula is C18H31N7O2S. The molecule has 0 saturated carbocycles. The van der Waals surface area contributed by atoms with Gasteiger partial charge in [-0.15, -0.1) is 0 Å². The molecule has 2 rings (SSSR count). The van der Waals surface area contributed by atoms with Gasteiger partial charge in [0.2, 0.25) is 11.9 Å². The summed E-state index contributed by atoms with van der Waals surface area (Å²) >= 11 is 5.33. The van der Waals surface area contributed by atoms with Crippen LogP contribution in [0.4, 0.5) is 5.95 Å². The number of hydrogen-bond acceptors (Lipinski definition) is 7.